The smallest absolute Gasteiger partial charge is 0.214 e. The molecule has 0 aliphatic rings. The third-order valence-corrected chi connectivity index (χ3v) is 6.10. The molecule has 2 aromatic heterocycles. The largest absolute Gasteiger partial charge is 0.473 e. The van der Waals surface area contributed by atoms with Crippen molar-refractivity contribution in [1.29, 1.82) is 0 Å². The van der Waals surface area contributed by atoms with Crippen LogP contribution in [0.5, 0.6) is 5.88 Å². The molecule has 2 aromatic carbocycles. The fourth-order valence-corrected chi connectivity index (χ4v) is 3.97. The van der Waals surface area contributed by atoms with Crippen molar-refractivity contribution in [2.75, 3.05) is 0 Å². The summed E-state index contributed by atoms with van der Waals surface area (Å²) in [7, 11) is 0. The normalized spacial score (nSPS) is 10.6. The third kappa shape index (κ3) is 7.35. The van der Waals surface area contributed by atoms with Gasteiger partial charge in [-0.05, 0) is 18.6 Å². The summed E-state index contributed by atoms with van der Waals surface area (Å²) in [5.74, 6) is -0.532. The van der Waals surface area contributed by atoms with E-state index in [-0.39, 0.29) is 72.8 Å². The number of carbonyl (C=O) groups is 4. The average Bonchev–Trinajstić information content (AvgIpc) is 2.98. The van der Waals surface area contributed by atoms with Gasteiger partial charge in [-0.15, -0.1) is 0 Å². The molecule has 2 heterocycles. The number of rotatable bonds is 13. The van der Waals surface area contributed by atoms with Gasteiger partial charge in [0.05, 0.1) is 0 Å². The van der Waals surface area contributed by atoms with Crippen molar-refractivity contribution in [1.82, 2.24) is 15.0 Å². The number of Topliss-reactive ketones (excluding diaryl/α,β-unsaturated/α-hetero) is 4. The molecule has 0 radical (unpaired) electrons. The van der Waals surface area contributed by atoms with Gasteiger partial charge >= 0.3 is 0 Å². The average molecular weight is 522 g/mol. The highest BCUT2D eigenvalue weighted by Gasteiger charge is 2.18. The van der Waals surface area contributed by atoms with Crippen LogP contribution in [0.4, 0.5) is 0 Å². The van der Waals surface area contributed by atoms with Crippen LogP contribution >= 0.6 is 0 Å². The molecule has 0 bridgehead atoms. The van der Waals surface area contributed by atoms with E-state index in [0.717, 1.165) is 0 Å². The van der Waals surface area contributed by atoms with Crippen molar-refractivity contribution in [3.63, 3.8) is 0 Å². The van der Waals surface area contributed by atoms with Crippen LogP contribution in [0.15, 0.2) is 85.2 Å². The Kier molecular flexibility index (Phi) is 9.13. The Hall–Kier alpha value is -4.85. The van der Waals surface area contributed by atoms with Crippen molar-refractivity contribution in [2.24, 2.45) is 0 Å². The Morgan fingerprint density at radius 2 is 1.31 bits per heavy atom. The minimum absolute atomic E-state index is 0.00416. The highest BCUT2D eigenvalue weighted by Crippen LogP contribution is 2.19. The van der Waals surface area contributed by atoms with Crippen molar-refractivity contribution < 1.29 is 23.9 Å². The molecule has 0 saturated carbocycles. The monoisotopic (exact) mass is 521 g/mol. The van der Waals surface area contributed by atoms with Gasteiger partial charge in [0.15, 0.2) is 29.0 Å². The summed E-state index contributed by atoms with van der Waals surface area (Å²) < 4.78 is 5.85. The maximum absolute atomic E-state index is 12.9. The topological polar surface area (TPSA) is 116 Å². The van der Waals surface area contributed by atoms with Gasteiger partial charge in [0.1, 0.15) is 12.3 Å². The Labute approximate surface area is 226 Å². The summed E-state index contributed by atoms with van der Waals surface area (Å²) >= 11 is 0. The van der Waals surface area contributed by atoms with Crippen LogP contribution in [0, 0.1) is 6.92 Å². The quantitative estimate of drug-likeness (QED) is 0.213. The lowest BCUT2D eigenvalue weighted by Crippen LogP contribution is -2.12. The van der Waals surface area contributed by atoms with Gasteiger partial charge in [0.25, 0.3) is 0 Å². The molecule has 0 atom stereocenters. The molecule has 0 amide bonds. The van der Waals surface area contributed by atoms with Gasteiger partial charge in [-0.2, -0.15) is 0 Å². The number of pyridine rings is 1. The van der Waals surface area contributed by atoms with Gasteiger partial charge in [-0.25, -0.2) is 15.0 Å². The zero-order valence-electron chi connectivity index (χ0n) is 21.5. The molecular weight excluding hydrogens is 494 g/mol. The Morgan fingerprint density at radius 3 is 2.08 bits per heavy atom. The lowest BCUT2D eigenvalue weighted by atomic mass is 10.00. The second-order valence-electron chi connectivity index (χ2n) is 8.89. The molecule has 0 aliphatic carbocycles. The molecule has 4 aromatic rings. The molecule has 8 heteroatoms. The molecule has 4 rings (SSSR count). The fourth-order valence-electron chi connectivity index (χ4n) is 3.97. The first-order chi connectivity index (χ1) is 18.9. The number of aryl methyl sites for hydroxylation is 1. The zero-order chi connectivity index (χ0) is 27.6. The number of ether oxygens (including phenoxy) is 1. The number of nitrogens with zero attached hydrogens (tertiary/aromatic N) is 3. The van der Waals surface area contributed by atoms with Gasteiger partial charge in [-0.1, -0.05) is 60.7 Å². The number of ketones is 4. The summed E-state index contributed by atoms with van der Waals surface area (Å²) in [5.41, 5.74) is 2.58. The minimum atomic E-state index is -0.302. The standard InChI is InChI=1S/C31H27N3O5/c1-21-12-17-29(34-30(21)27(37)15-13-25(35)22-8-3-2-4-9-22)39-20-23-10-5-6-11-24(23)26(36)14-16-28(38)31-32-18-7-19-33-31/h2-12,17-19H,13-16,20H2,1H3. The third-order valence-electron chi connectivity index (χ3n) is 6.10. The zero-order valence-corrected chi connectivity index (χ0v) is 21.5. The van der Waals surface area contributed by atoms with Gasteiger partial charge in [-0.3, -0.25) is 19.2 Å². The van der Waals surface area contributed by atoms with Crippen LogP contribution in [-0.2, 0) is 6.61 Å². The minimum Gasteiger partial charge on any atom is -0.473 e. The van der Waals surface area contributed by atoms with E-state index in [0.29, 0.717) is 22.3 Å². The number of hydrogen-bond donors (Lipinski definition) is 0. The second-order valence-corrected chi connectivity index (χ2v) is 8.89. The summed E-state index contributed by atoms with van der Waals surface area (Å²) in [4.78, 5) is 62.7. The van der Waals surface area contributed by atoms with Crippen molar-refractivity contribution in [3.05, 3.63) is 119 Å². The molecule has 0 aliphatic heterocycles. The van der Waals surface area contributed by atoms with Crippen LogP contribution < -0.4 is 4.74 Å². The molecule has 0 fully saturated rings. The highest BCUT2D eigenvalue weighted by molar-refractivity contribution is 6.02. The van der Waals surface area contributed by atoms with Crippen LogP contribution in [0.25, 0.3) is 0 Å². The number of aromatic nitrogens is 3. The highest BCUT2D eigenvalue weighted by atomic mass is 16.5. The fraction of sp³-hybridized carbons (Fsp3) is 0.194. The van der Waals surface area contributed by atoms with Crippen LogP contribution in [0.2, 0.25) is 0 Å². The van der Waals surface area contributed by atoms with Gasteiger partial charge in [0, 0.05) is 60.8 Å². The maximum atomic E-state index is 12.9. The predicted molar refractivity (Wildman–Crippen MR) is 144 cm³/mol. The summed E-state index contributed by atoms with van der Waals surface area (Å²) in [6.07, 6.45) is 3.10. The van der Waals surface area contributed by atoms with E-state index in [2.05, 4.69) is 15.0 Å². The second kappa shape index (κ2) is 13.1. The van der Waals surface area contributed by atoms with Gasteiger partial charge in [0.2, 0.25) is 5.88 Å². The molecule has 0 spiro atoms. The summed E-state index contributed by atoms with van der Waals surface area (Å²) in [6.45, 7) is 1.83. The van der Waals surface area contributed by atoms with Crippen LogP contribution in [0.1, 0.15) is 78.6 Å². The van der Waals surface area contributed by atoms with E-state index in [4.69, 9.17) is 4.74 Å². The van der Waals surface area contributed by atoms with Crippen LogP contribution in [0.3, 0.4) is 0 Å². The van der Waals surface area contributed by atoms with E-state index < -0.39 is 0 Å². The lowest BCUT2D eigenvalue weighted by molar-refractivity contribution is 0.0910. The van der Waals surface area contributed by atoms with Crippen molar-refractivity contribution in [3.8, 4) is 5.88 Å². The Balaban J connectivity index is 1.37. The molecule has 0 unspecified atom stereocenters. The molecule has 39 heavy (non-hydrogen) atoms. The van der Waals surface area contributed by atoms with E-state index in [1.165, 1.54) is 12.4 Å². The molecule has 8 nitrogen and oxygen atoms in total. The van der Waals surface area contributed by atoms with Crippen molar-refractivity contribution in [2.45, 2.75) is 39.2 Å². The Morgan fingerprint density at radius 1 is 0.667 bits per heavy atom. The van der Waals surface area contributed by atoms with E-state index in [1.54, 1.807) is 73.7 Å². The molecule has 0 N–H and O–H groups in total. The molecule has 196 valence electrons. The molecular formula is C31H27N3O5. The number of benzene rings is 2. The number of hydrogen-bond acceptors (Lipinski definition) is 8. The first-order valence-corrected chi connectivity index (χ1v) is 12.6. The first-order valence-electron chi connectivity index (χ1n) is 12.6. The van der Waals surface area contributed by atoms with Crippen molar-refractivity contribution >= 4 is 23.1 Å². The first kappa shape index (κ1) is 27.2. The lowest BCUT2D eigenvalue weighted by Gasteiger charge is -2.11. The van der Waals surface area contributed by atoms with E-state index in [1.807, 2.05) is 6.07 Å². The summed E-state index contributed by atoms with van der Waals surface area (Å²) in [5, 5.41) is 0. The molecule has 0 saturated heterocycles. The SMILES string of the molecule is Cc1ccc(OCc2ccccc2C(=O)CCC(=O)c2ncccn2)nc1C(=O)CCC(=O)c1ccccc1. The maximum Gasteiger partial charge on any atom is 0.214 e. The number of carbonyl (C=O) groups excluding carboxylic acids is 4. The van der Waals surface area contributed by atoms with Gasteiger partial charge < -0.3 is 4.74 Å². The van der Waals surface area contributed by atoms with E-state index in [9.17, 15) is 19.2 Å². The van der Waals surface area contributed by atoms with Crippen LogP contribution in [-0.4, -0.2) is 38.1 Å². The Bertz CT molecular complexity index is 1490. The summed E-state index contributed by atoms with van der Waals surface area (Å²) in [6, 6.07) is 20.9. The van der Waals surface area contributed by atoms with E-state index >= 15 is 0 Å². The predicted octanol–water partition coefficient (Wildman–Crippen LogP) is 5.45.